The highest BCUT2D eigenvalue weighted by molar-refractivity contribution is 9.10. The molecule has 0 atom stereocenters. The molecule has 0 saturated carbocycles. The molecule has 1 N–H and O–H groups in total. The summed E-state index contributed by atoms with van der Waals surface area (Å²) in [5.41, 5.74) is 6.07. The van der Waals surface area contributed by atoms with Gasteiger partial charge in [-0.15, -0.1) is 0 Å². The number of benzene rings is 1. The van der Waals surface area contributed by atoms with Gasteiger partial charge in [-0.3, -0.25) is 4.68 Å². The van der Waals surface area contributed by atoms with E-state index in [0.29, 0.717) is 0 Å². The Labute approximate surface area is 133 Å². The summed E-state index contributed by atoms with van der Waals surface area (Å²) in [7, 11) is 1.96. The first-order valence-electron chi connectivity index (χ1n) is 7.21. The lowest BCUT2D eigenvalue weighted by Gasteiger charge is -2.11. The van der Waals surface area contributed by atoms with Crippen molar-refractivity contribution >= 4 is 15.9 Å². The molecule has 1 aromatic carbocycles. The molecular formula is C16H20BrN3O. The molecule has 1 aromatic heterocycles. The third-order valence-electron chi connectivity index (χ3n) is 4.03. The number of aryl methyl sites for hydroxylation is 1. The molecule has 5 heteroatoms. The van der Waals surface area contributed by atoms with Gasteiger partial charge in [0.1, 0.15) is 5.75 Å². The molecule has 21 heavy (non-hydrogen) atoms. The van der Waals surface area contributed by atoms with Crippen molar-refractivity contribution in [1.29, 1.82) is 0 Å². The minimum atomic E-state index is 0.748. The smallest absolute Gasteiger partial charge is 0.127 e. The maximum atomic E-state index is 5.81. The van der Waals surface area contributed by atoms with Crippen molar-refractivity contribution in [1.82, 2.24) is 15.1 Å². The van der Waals surface area contributed by atoms with Crippen molar-refractivity contribution in [3.05, 3.63) is 44.7 Å². The number of nitrogens with one attached hydrogen (secondary N) is 1. The number of hydrogen-bond donors (Lipinski definition) is 1. The number of nitrogens with zero attached hydrogens (tertiary/aromatic N) is 2. The molecule has 0 radical (unpaired) electrons. The zero-order valence-corrected chi connectivity index (χ0v) is 14.2. The Morgan fingerprint density at radius 3 is 2.95 bits per heavy atom. The van der Waals surface area contributed by atoms with Crippen molar-refractivity contribution in [2.24, 2.45) is 0 Å². The van der Waals surface area contributed by atoms with E-state index in [1.54, 1.807) is 0 Å². The van der Waals surface area contributed by atoms with Crippen LogP contribution in [0.15, 0.2) is 16.6 Å². The predicted octanol–water partition coefficient (Wildman–Crippen LogP) is 2.97. The highest BCUT2D eigenvalue weighted by atomic mass is 79.9. The SMILES string of the molecule is CNCc1c(C)nn(Cc2cc(Br)cc3c2OCC3)c1C. The second-order valence-corrected chi connectivity index (χ2v) is 6.40. The van der Waals surface area contributed by atoms with Crippen molar-refractivity contribution in [3.8, 4) is 5.75 Å². The summed E-state index contributed by atoms with van der Waals surface area (Å²) < 4.78 is 8.99. The van der Waals surface area contributed by atoms with Gasteiger partial charge in [0.25, 0.3) is 0 Å². The number of rotatable bonds is 4. The van der Waals surface area contributed by atoms with E-state index in [2.05, 4.69) is 57.0 Å². The molecule has 0 spiro atoms. The van der Waals surface area contributed by atoms with Crippen LogP contribution in [0.2, 0.25) is 0 Å². The molecule has 0 aliphatic carbocycles. The van der Waals surface area contributed by atoms with Gasteiger partial charge in [-0.05, 0) is 38.6 Å². The van der Waals surface area contributed by atoms with Crippen molar-refractivity contribution in [3.63, 3.8) is 0 Å². The van der Waals surface area contributed by atoms with Crippen LogP contribution in [0.1, 0.15) is 28.1 Å². The Balaban J connectivity index is 1.96. The van der Waals surface area contributed by atoms with Crippen LogP contribution < -0.4 is 10.1 Å². The summed E-state index contributed by atoms with van der Waals surface area (Å²) in [6.07, 6.45) is 0.990. The van der Waals surface area contributed by atoms with Gasteiger partial charge in [0.2, 0.25) is 0 Å². The Morgan fingerprint density at radius 2 is 2.19 bits per heavy atom. The Bertz CT molecular complexity index is 679. The average Bonchev–Trinajstić information content (AvgIpc) is 2.99. The lowest BCUT2D eigenvalue weighted by Crippen LogP contribution is -2.09. The van der Waals surface area contributed by atoms with Crippen LogP contribution in [0.5, 0.6) is 5.75 Å². The van der Waals surface area contributed by atoms with Crippen LogP contribution in [-0.2, 0) is 19.5 Å². The van der Waals surface area contributed by atoms with E-state index in [0.717, 1.165) is 42.0 Å². The zero-order chi connectivity index (χ0) is 15.0. The molecule has 4 nitrogen and oxygen atoms in total. The molecular weight excluding hydrogens is 330 g/mol. The van der Waals surface area contributed by atoms with Crippen LogP contribution >= 0.6 is 15.9 Å². The summed E-state index contributed by atoms with van der Waals surface area (Å²) in [4.78, 5) is 0. The van der Waals surface area contributed by atoms with E-state index < -0.39 is 0 Å². The third kappa shape index (κ3) is 2.72. The fraction of sp³-hybridized carbons (Fsp3) is 0.438. The summed E-state index contributed by atoms with van der Waals surface area (Å²) in [5, 5.41) is 7.89. The fourth-order valence-electron chi connectivity index (χ4n) is 2.95. The first-order valence-corrected chi connectivity index (χ1v) is 8.01. The Kier molecular flexibility index (Phi) is 4.04. The maximum absolute atomic E-state index is 5.81. The number of aromatic nitrogens is 2. The molecule has 2 heterocycles. The summed E-state index contributed by atoms with van der Waals surface area (Å²) >= 11 is 3.60. The normalized spacial score (nSPS) is 13.3. The molecule has 0 fully saturated rings. The molecule has 0 unspecified atom stereocenters. The summed E-state index contributed by atoms with van der Waals surface area (Å²) in [5.74, 6) is 1.04. The standard InChI is InChI=1S/C16H20BrN3O/c1-10-15(8-18-3)11(2)20(19-10)9-13-7-14(17)6-12-4-5-21-16(12)13/h6-7,18H,4-5,8-9H2,1-3H3. The maximum Gasteiger partial charge on any atom is 0.127 e. The van der Waals surface area contributed by atoms with Crippen LogP contribution in [-0.4, -0.2) is 23.4 Å². The minimum absolute atomic E-state index is 0.748. The van der Waals surface area contributed by atoms with Gasteiger partial charge in [0, 0.05) is 34.3 Å². The lowest BCUT2D eigenvalue weighted by atomic mass is 10.1. The van der Waals surface area contributed by atoms with Gasteiger partial charge in [-0.25, -0.2) is 0 Å². The molecule has 2 aromatic rings. The lowest BCUT2D eigenvalue weighted by molar-refractivity contribution is 0.352. The summed E-state index contributed by atoms with van der Waals surface area (Å²) in [6, 6.07) is 4.29. The van der Waals surface area contributed by atoms with E-state index in [4.69, 9.17) is 4.74 Å². The molecule has 112 valence electrons. The number of fused-ring (bicyclic) bond motifs is 1. The largest absolute Gasteiger partial charge is 0.493 e. The van der Waals surface area contributed by atoms with Gasteiger partial charge in [0.05, 0.1) is 18.8 Å². The third-order valence-corrected chi connectivity index (χ3v) is 4.49. The fourth-order valence-corrected chi connectivity index (χ4v) is 3.50. The average molecular weight is 350 g/mol. The van der Waals surface area contributed by atoms with Gasteiger partial charge in [-0.2, -0.15) is 5.10 Å². The minimum Gasteiger partial charge on any atom is -0.493 e. The van der Waals surface area contributed by atoms with Crippen LogP contribution in [0.4, 0.5) is 0 Å². The zero-order valence-electron chi connectivity index (χ0n) is 12.7. The van der Waals surface area contributed by atoms with E-state index >= 15 is 0 Å². The molecule has 0 bridgehead atoms. The predicted molar refractivity (Wildman–Crippen MR) is 86.9 cm³/mol. The number of halogens is 1. The number of ether oxygens (including phenoxy) is 1. The molecule has 0 amide bonds. The molecule has 3 rings (SSSR count). The quantitative estimate of drug-likeness (QED) is 0.922. The van der Waals surface area contributed by atoms with Gasteiger partial charge < -0.3 is 10.1 Å². The van der Waals surface area contributed by atoms with Crippen molar-refractivity contribution in [2.75, 3.05) is 13.7 Å². The van der Waals surface area contributed by atoms with Gasteiger partial charge in [-0.1, -0.05) is 15.9 Å². The monoisotopic (exact) mass is 349 g/mol. The van der Waals surface area contributed by atoms with Crippen molar-refractivity contribution in [2.45, 2.75) is 33.4 Å². The van der Waals surface area contributed by atoms with Crippen LogP contribution in [0, 0.1) is 13.8 Å². The van der Waals surface area contributed by atoms with Crippen LogP contribution in [0.25, 0.3) is 0 Å². The Hall–Kier alpha value is -1.33. The second kappa shape index (κ2) is 5.81. The van der Waals surface area contributed by atoms with E-state index in [9.17, 15) is 0 Å². The topological polar surface area (TPSA) is 39.1 Å². The van der Waals surface area contributed by atoms with E-state index in [1.807, 2.05) is 7.05 Å². The van der Waals surface area contributed by atoms with Crippen molar-refractivity contribution < 1.29 is 4.74 Å². The second-order valence-electron chi connectivity index (χ2n) is 5.49. The molecule has 0 saturated heterocycles. The highest BCUT2D eigenvalue weighted by Crippen LogP contribution is 2.33. The van der Waals surface area contributed by atoms with Gasteiger partial charge in [0.15, 0.2) is 0 Å². The van der Waals surface area contributed by atoms with Gasteiger partial charge >= 0.3 is 0 Å². The van der Waals surface area contributed by atoms with E-state index in [1.165, 1.54) is 22.4 Å². The summed E-state index contributed by atoms with van der Waals surface area (Å²) in [6.45, 7) is 6.58. The first-order chi connectivity index (χ1) is 10.1. The first kappa shape index (κ1) is 14.6. The molecule has 1 aliphatic rings. The van der Waals surface area contributed by atoms with E-state index in [-0.39, 0.29) is 0 Å². The number of hydrogen-bond acceptors (Lipinski definition) is 3. The Morgan fingerprint density at radius 1 is 1.38 bits per heavy atom. The highest BCUT2D eigenvalue weighted by Gasteiger charge is 2.19. The molecule has 1 aliphatic heterocycles. The van der Waals surface area contributed by atoms with Crippen LogP contribution in [0.3, 0.4) is 0 Å².